The van der Waals surface area contributed by atoms with Crippen molar-refractivity contribution >= 4 is 20.2 Å². The summed E-state index contributed by atoms with van der Waals surface area (Å²) in [6, 6.07) is 0. The Bertz CT molecular complexity index is 435. The quantitative estimate of drug-likeness (QED) is 0.536. The van der Waals surface area contributed by atoms with Crippen molar-refractivity contribution in [1.82, 2.24) is 0 Å². The Labute approximate surface area is 110 Å². The van der Waals surface area contributed by atoms with Crippen LogP contribution in [0, 0.1) is 11.8 Å². The molecule has 0 amide bonds. The Morgan fingerprint density at radius 2 is 1.50 bits per heavy atom. The van der Waals surface area contributed by atoms with Crippen LogP contribution in [-0.4, -0.2) is 39.0 Å². The van der Waals surface area contributed by atoms with E-state index in [-0.39, 0.29) is 11.8 Å². The minimum atomic E-state index is -4.30. The monoisotopic (exact) mass is 302 g/mol. The Balaban J connectivity index is 4.61. The van der Waals surface area contributed by atoms with Gasteiger partial charge in [-0.3, -0.25) is 8.74 Å². The zero-order valence-corrected chi connectivity index (χ0v) is 12.8. The maximum absolute atomic E-state index is 11.6. The highest BCUT2D eigenvalue weighted by Gasteiger charge is 2.24. The van der Waals surface area contributed by atoms with Crippen LogP contribution in [0.2, 0.25) is 0 Å². The molecule has 0 aromatic heterocycles. The van der Waals surface area contributed by atoms with Crippen LogP contribution >= 0.6 is 0 Å². The van der Waals surface area contributed by atoms with Crippen LogP contribution in [0.3, 0.4) is 0 Å². The minimum absolute atomic E-state index is 0.00732. The van der Waals surface area contributed by atoms with Gasteiger partial charge < -0.3 is 0 Å². The van der Waals surface area contributed by atoms with Crippen LogP contribution < -0.4 is 0 Å². The van der Waals surface area contributed by atoms with Crippen LogP contribution in [0.25, 0.3) is 0 Å². The zero-order valence-electron chi connectivity index (χ0n) is 11.2. The molecule has 0 heterocycles. The molecule has 18 heavy (non-hydrogen) atoms. The lowest BCUT2D eigenvalue weighted by atomic mass is 9.98. The summed E-state index contributed by atoms with van der Waals surface area (Å²) in [5, 5.41) is 0. The summed E-state index contributed by atoms with van der Waals surface area (Å²) in [5.74, 6) is -1.29. The predicted octanol–water partition coefficient (Wildman–Crippen LogP) is 1.29. The molecule has 0 spiro atoms. The number of hydrogen-bond acceptors (Lipinski definition) is 5. The number of hydrogen-bond donors (Lipinski definition) is 1. The van der Waals surface area contributed by atoms with Crippen LogP contribution in [0.15, 0.2) is 0 Å². The lowest BCUT2D eigenvalue weighted by molar-refractivity contribution is 0.135. The van der Waals surface area contributed by atoms with Crippen molar-refractivity contribution in [3.05, 3.63) is 0 Å². The molecule has 0 rings (SSSR count). The van der Waals surface area contributed by atoms with E-state index >= 15 is 0 Å². The van der Waals surface area contributed by atoms with Crippen LogP contribution in [0.5, 0.6) is 0 Å². The lowest BCUT2D eigenvalue weighted by Gasteiger charge is -2.22. The van der Waals surface area contributed by atoms with Gasteiger partial charge in [0.1, 0.15) is 0 Å². The third kappa shape index (κ3) is 8.84. The molecule has 0 aliphatic carbocycles. The molecule has 0 bridgehead atoms. The summed E-state index contributed by atoms with van der Waals surface area (Å²) in [7, 11) is -8.24. The van der Waals surface area contributed by atoms with Gasteiger partial charge in [-0.25, -0.2) is 0 Å². The van der Waals surface area contributed by atoms with Gasteiger partial charge in [0.2, 0.25) is 0 Å². The van der Waals surface area contributed by atoms with E-state index < -0.39 is 37.8 Å². The molecule has 0 aliphatic rings. The van der Waals surface area contributed by atoms with Crippen LogP contribution in [-0.2, 0) is 24.4 Å². The molecule has 8 heteroatoms. The first-order valence-corrected chi connectivity index (χ1v) is 8.97. The van der Waals surface area contributed by atoms with Gasteiger partial charge in [-0.05, 0) is 18.3 Å². The highest BCUT2D eigenvalue weighted by molar-refractivity contribution is 7.90. The average Bonchev–Trinajstić information content (AvgIpc) is 2.11. The maximum Gasteiger partial charge on any atom is 0.268 e. The SMILES string of the molecule is CC(C)CC(OS(=O)(=O)CCS(=O)(=O)O)C(C)C. The van der Waals surface area contributed by atoms with E-state index in [4.69, 9.17) is 8.74 Å². The van der Waals surface area contributed by atoms with E-state index in [0.29, 0.717) is 6.42 Å². The minimum Gasteiger partial charge on any atom is -0.286 e. The van der Waals surface area contributed by atoms with Crippen LogP contribution in [0.1, 0.15) is 34.1 Å². The molecule has 0 fully saturated rings. The maximum atomic E-state index is 11.6. The van der Waals surface area contributed by atoms with Gasteiger partial charge >= 0.3 is 0 Å². The topological polar surface area (TPSA) is 97.7 Å². The average molecular weight is 302 g/mol. The molecule has 0 saturated carbocycles. The van der Waals surface area contributed by atoms with Gasteiger partial charge in [0, 0.05) is 0 Å². The smallest absolute Gasteiger partial charge is 0.268 e. The molecule has 1 atom stereocenters. The summed E-state index contributed by atoms with van der Waals surface area (Å²) in [6.07, 6.45) is 0.0966. The summed E-state index contributed by atoms with van der Waals surface area (Å²) in [6.45, 7) is 7.57. The molecule has 0 aromatic carbocycles. The molecule has 0 aliphatic heterocycles. The van der Waals surface area contributed by atoms with E-state index in [9.17, 15) is 16.8 Å². The second kappa shape index (κ2) is 6.83. The van der Waals surface area contributed by atoms with E-state index in [2.05, 4.69) is 0 Å². The second-order valence-corrected chi connectivity index (χ2v) is 8.34. The van der Waals surface area contributed by atoms with Gasteiger partial charge in [0.15, 0.2) is 0 Å². The molecule has 0 saturated heterocycles. The van der Waals surface area contributed by atoms with Crippen molar-refractivity contribution in [2.45, 2.75) is 40.2 Å². The molecule has 1 unspecified atom stereocenters. The normalized spacial score (nSPS) is 15.3. The van der Waals surface area contributed by atoms with Crippen molar-refractivity contribution in [2.75, 3.05) is 11.5 Å². The molecule has 0 aromatic rings. The fourth-order valence-electron chi connectivity index (χ4n) is 1.33. The summed E-state index contributed by atoms with van der Waals surface area (Å²) in [5.41, 5.74) is 0. The highest BCUT2D eigenvalue weighted by atomic mass is 32.2. The first-order chi connectivity index (χ1) is 7.93. The third-order valence-corrected chi connectivity index (χ3v) is 4.53. The fraction of sp³-hybridized carbons (Fsp3) is 1.00. The first kappa shape index (κ1) is 17.8. The third-order valence-electron chi connectivity index (χ3n) is 2.31. The van der Waals surface area contributed by atoms with E-state index in [1.165, 1.54) is 0 Å². The van der Waals surface area contributed by atoms with Gasteiger partial charge in [-0.1, -0.05) is 27.7 Å². The lowest BCUT2D eigenvalue weighted by Crippen LogP contribution is -2.28. The summed E-state index contributed by atoms with van der Waals surface area (Å²) >= 11 is 0. The predicted molar refractivity (Wildman–Crippen MR) is 69.4 cm³/mol. The van der Waals surface area contributed by atoms with Crippen molar-refractivity contribution in [2.24, 2.45) is 11.8 Å². The molecular formula is C10H22O6S2. The van der Waals surface area contributed by atoms with Crippen molar-refractivity contribution in [3.8, 4) is 0 Å². The molecule has 1 N–H and O–H groups in total. The van der Waals surface area contributed by atoms with Crippen molar-refractivity contribution in [3.63, 3.8) is 0 Å². The zero-order chi connectivity index (χ0) is 14.6. The van der Waals surface area contributed by atoms with E-state index in [0.717, 1.165) is 0 Å². The second-order valence-electron chi connectivity index (χ2n) is 5.06. The van der Waals surface area contributed by atoms with Gasteiger partial charge in [0.25, 0.3) is 20.2 Å². The summed E-state index contributed by atoms with van der Waals surface area (Å²) in [4.78, 5) is 0. The Kier molecular flexibility index (Phi) is 6.77. The molecule has 0 radical (unpaired) electrons. The summed E-state index contributed by atoms with van der Waals surface area (Å²) < 4.78 is 57.7. The molecule has 110 valence electrons. The standard InChI is InChI=1S/C10H22O6S2/c1-8(2)7-10(9(3)4)16-18(14,15)6-5-17(11,12)13/h8-10H,5-7H2,1-4H3,(H,11,12,13). The van der Waals surface area contributed by atoms with E-state index in [1.54, 1.807) is 0 Å². The van der Waals surface area contributed by atoms with Gasteiger partial charge in [0.05, 0.1) is 17.6 Å². The van der Waals surface area contributed by atoms with Crippen molar-refractivity contribution in [1.29, 1.82) is 0 Å². The van der Waals surface area contributed by atoms with Crippen LogP contribution in [0.4, 0.5) is 0 Å². The van der Waals surface area contributed by atoms with Crippen molar-refractivity contribution < 1.29 is 25.6 Å². The number of rotatable bonds is 8. The Hall–Kier alpha value is -0.180. The highest BCUT2D eigenvalue weighted by Crippen LogP contribution is 2.18. The van der Waals surface area contributed by atoms with Gasteiger partial charge in [-0.15, -0.1) is 0 Å². The largest absolute Gasteiger partial charge is 0.286 e. The first-order valence-electron chi connectivity index (χ1n) is 5.79. The Morgan fingerprint density at radius 3 is 1.83 bits per heavy atom. The van der Waals surface area contributed by atoms with Gasteiger partial charge in [-0.2, -0.15) is 16.8 Å². The van der Waals surface area contributed by atoms with E-state index in [1.807, 2.05) is 27.7 Å². The fourth-order valence-corrected chi connectivity index (χ4v) is 3.76. The molecular weight excluding hydrogens is 280 g/mol. The Morgan fingerprint density at radius 1 is 1.00 bits per heavy atom. The molecule has 6 nitrogen and oxygen atoms in total.